The summed E-state index contributed by atoms with van der Waals surface area (Å²) in [4.78, 5) is 12.2. The lowest BCUT2D eigenvalue weighted by atomic mass is 10.2. The van der Waals surface area contributed by atoms with Gasteiger partial charge in [-0.1, -0.05) is 19.1 Å². The quantitative estimate of drug-likeness (QED) is 0.839. The van der Waals surface area contributed by atoms with Crippen LogP contribution in [0.3, 0.4) is 0 Å². The van der Waals surface area contributed by atoms with Gasteiger partial charge in [-0.15, -0.1) is 0 Å². The first-order chi connectivity index (χ1) is 10.4. The van der Waals surface area contributed by atoms with E-state index in [1.807, 2.05) is 25.1 Å². The van der Waals surface area contributed by atoms with E-state index in [1.54, 1.807) is 13.0 Å². The van der Waals surface area contributed by atoms with Gasteiger partial charge in [0.15, 0.2) is 0 Å². The van der Waals surface area contributed by atoms with E-state index in [0.717, 1.165) is 5.56 Å². The number of hydrogen-bond donors (Lipinski definition) is 2. The third kappa shape index (κ3) is 4.53. The molecule has 2 rings (SSSR count). The first-order valence-electron chi connectivity index (χ1n) is 7.44. The molecule has 1 atom stereocenters. The fraction of sp³-hybridized carbons (Fsp3) is 0.533. The van der Waals surface area contributed by atoms with Crippen LogP contribution < -0.4 is 10.6 Å². The molecule has 0 aromatic heterocycles. The number of amides is 1. The molecule has 0 aliphatic carbocycles. The van der Waals surface area contributed by atoms with Gasteiger partial charge in [-0.2, -0.15) is 4.31 Å². The summed E-state index contributed by atoms with van der Waals surface area (Å²) in [5.74, 6) is -1.03. The Balaban J connectivity index is 1.95. The average molecular weight is 325 g/mol. The van der Waals surface area contributed by atoms with Crippen molar-refractivity contribution in [3.63, 3.8) is 0 Å². The van der Waals surface area contributed by atoms with E-state index < -0.39 is 15.9 Å². The van der Waals surface area contributed by atoms with Crippen LogP contribution >= 0.6 is 0 Å². The molecule has 1 amide bonds. The fourth-order valence-electron chi connectivity index (χ4n) is 2.41. The maximum atomic E-state index is 12.3. The van der Waals surface area contributed by atoms with Gasteiger partial charge in [0.05, 0.1) is 11.7 Å². The van der Waals surface area contributed by atoms with Gasteiger partial charge < -0.3 is 10.6 Å². The van der Waals surface area contributed by atoms with Crippen LogP contribution in [-0.4, -0.2) is 50.6 Å². The van der Waals surface area contributed by atoms with Crippen LogP contribution in [0.15, 0.2) is 24.3 Å². The zero-order valence-corrected chi connectivity index (χ0v) is 13.8. The molecular weight excluding hydrogens is 302 g/mol. The molecule has 0 spiro atoms. The van der Waals surface area contributed by atoms with E-state index in [4.69, 9.17) is 0 Å². The molecule has 1 unspecified atom stereocenters. The second-order valence-corrected chi connectivity index (χ2v) is 7.70. The molecule has 1 aliphatic heterocycles. The minimum Gasteiger partial charge on any atom is -0.326 e. The summed E-state index contributed by atoms with van der Waals surface area (Å²) in [6.45, 7) is 5.83. The minimum atomic E-state index is -3.40. The highest BCUT2D eigenvalue weighted by molar-refractivity contribution is 7.89. The zero-order chi connectivity index (χ0) is 16.2. The molecule has 0 saturated carbocycles. The van der Waals surface area contributed by atoms with Crippen molar-refractivity contribution in [1.29, 1.82) is 0 Å². The Labute approximate surface area is 131 Å². The number of anilines is 1. The van der Waals surface area contributed by atoms with E-state index in [2.05, 4.69) is 10.6 Å². The normalized spacial score (nSPS) is 17.9. The topological polar surface area (TPSA) is 78.5 Å². The molecule has 7 heteroatoms. The number of rotatable bonds is 5. The molecule has 1 aromatic rings. The number of hydrogen-bond acceptors (Lipinski definition) is 4. The highest BCUT2D eigenvalue weighted by atomic mass is 32.2. The van der Waals surface area contributed by atoms with Crippen molar-refractivity contribution in [2.24, 2.45) is 5.92 Å². The average Bonchev–Trinajstić information content (AvgIpc) is 2.47. The summed E-state index contributed by atoms with van der Waals surface area (Å²) in [5.41, 5.74) is 1.73. The highest BCUT2D eigenvalue weighted by Crippen LogP contribution is 2.13. The maximum absolute atomic E-state index is 12.3. The van der Waals surface area contributed by atoms with Crippen LogP contribution in [0.4, 0.5) is 5.69 Å². The van der Waals surface area contributed by atoms with Gasteiger partial charge in [-0.05, 0) is 24.6 Å². The summed E-state index contributed by atoms with van der Waals surface area (Å²) in [6, 6.07) is 7.44. The summed E-state index contributed by atoms with van der Waals surface area (Å²) in [6.07, 6.45) is 0. The SMILES string of the molecule is Cc1cccc(NC(=O)C(C)CS(=O)(=O)N2CCNCC2)c1. The number of nitrogens with one attached hydrogen (secondary N) is 2. The van der Waals surface area contributed by atoms with Gasteiger partial charge in [0.2, 0.25) is 15.9 Å². The number of sulfonamides is 1. The minimum absolute atomic E-state index is 0.162. The fourth-order valence-corrected chi connectivity index (χ4v) is 4.14. The van der Waals surface area contributed by atoms with Crippen LogP contribution in [0.25, 0.3) is 0 Å². The highest BCUT2D eigenvalue weighted by Gasteiger charge is 2.28. The summed E-state index contributed by atoms with van der Waals surface area (Å²) >= 11 is 0. The van der Waals surface area contributed by atoms with Crippen LogP contribution in [-0.2, 0) is 14.8 Å². The number of nitrogens with zero attached hydrogens (tertiary/aromatic N) is 1. The third-order valence-electron chi connectivity index (χ3n) is 3.66. The Bertz CT molecular complexity index is 625. The van der Waals surface area contributed by atoms with E-state index in [-0.39, 0.29) is 11.7 Å². The number of carbonyl (C=O) groups excluding carboxylic acids is 1. The predicted octanol–water partition coefficient (Wildman–Crippen LogP) is 0.805. The van der Waals surface area contributed by atoms with E-state index >= 15 is 0 Å². The predicted molar refractivity (Wildman–Crippen MR) is 87.2 cm³/mol. The smallest absolute Gasteiger partial charge is 0.228 e. The number of benzene rings is 1. The molecule has 0 bridgehead atoms. The summed E-state index contributed by atoms with van der Waals surface area (Å²) in [7, 11) is -3.40. The first kappa shape index (κ1) is 16.9. The second kappa shape index (κ2) is 7.21. The van der Waals surface area contributed by atoms with Crippen molar-refractivity contribution in [2.45, 2.75) is 13.8 Å². The van der Waals surface area contributed by atoms with Crippen molar-refractivity contribution >= 4 is 21.6 Å². The van der Waals surface area contributed by atoms with Crippen molar-refractivity contribution in [3.05, 3.63) is 29.8 Å². The van der Waals surface area contributed by atoms with Crippen LogP contribution in [0.1, 0.15) is 12.5 Å². The van der Waals surface area contributed by atoms with Gasteiger partial charge in [0.1, 0.15) is 0 Å². The summed E-state index contributed by atoms with van der Waals surface area (Å²) < 4.78 is 26.1. The van der Waals surface area contributed by atoms with Crippen LogP contribution in [0.5, 0.6) is 0 Å². The zero-order valence-electron chi connectivity index (χ0n) is 13.0. The second-order valence-electron chi connectivity index (χ2n) is 5.69. The van der Waals surface area contributed by atoms with Crippen LogP contribution in [0, 0.1) is 12.8 Å². The van der Waals surface area contributed by atoms with Gasteiger partial charge in [-0.3, -0.25) is 4.79 Å². The molecule has 122 valence electrons. The standard InChI is InChI=1S/C15H23N3O3S/c1-12-4-3-5-14(10-12)17-15(19)13(2)11-22(20,21)18-8-6-16-7-9-18/h3-5,10,13,16H,6-9,11H2,1-2H3,(H,17,19). The Morgan fingerprint density at radius 1 is 1.36 bits per heavy atom. The lowest BCUT2D eigenvalue weighted by Gasteiger charge is -2.27. The van der Waals surface area contributed by atoms with E-state index in [9.17, 15) is 13.2 Å². The molecule has 1 fully saturated rings. The van der Waals surface area contributed by atoms with Crippen LogP contribution in [0.2, 0.25) is 0 Å². The van der Waals surface area contributed by atoms with Crippen molar-refractivity contribution in [1.82, 2.24) is 9.62 Å². The molecule has 22 heavy (non-hydrogen) atoms. The van der Waals surface area contributed by atoms with E-state index in [1.165, 1.54) is 4.31 Å². The molecule has 0 radical (unpaired) electrons. The molecular formula is C15H23N3O3S. The Morgan fingerprint density at radius 2 is 2.05 bits per heavy atom. The lowest BCUT2D eigenvalue weighted by Crippen LogP contribution is -2.48. The number of aryl methyl sites for hydroxylation is 1. The van der Waals surface area contributed by atoms with Gasteiger partial charge in [-0.25, -0.2) is 8.42 Å². The maximum Gasteiger partial charge on any atom is 0.228 e. The molecule has 1 heterocycles. The lowest BCUT2D eigenvalue weighted by molar-refractivity contribution is -0.118. The Morgan fingerprint density at radius 3 is 2.68 bits per heavy atom. The van der Waals surface area contributed by atoms with Gasteiger partial charge in [0, 0.05) is 31.9 Å². The molecule has 6 nitrogen and oxygen atoms in total. The molecule has 2 N–H and O–H groups in total. The van der Waals surface area contributed by atoms with E-state index in [0.29, 0.717) is 31.9 Å². The number of carbonyl (C=O) groups is 1. The van der Waals surface area contributed by atoms with Crippen molar-refractivity contribution in [2.75, 3.05) is 37.2 Å². The Hall–Kier alpha value is -1.44. The molecule has 1 aliphatic rings. The molecule has 1 aromatic carbocycles. The monoisotopic (exact) mass is 325 g/mol. The number of piperazine rings is 1. The third-order valence-corrected chi connectivity index (χ3v) is 5.74. The molecule has 1 saturated heterocycles. The largest absolute Gasteiger partial charge is 0.326 e. The summed E-state index contributed by atoms with van der Waals surface area (Å²) in [5, 5.41) is 5.89. The van der Waals surface area contributed by atoms with Gasteiger partial charge in [0.25, 0.3) is 0 Å². The van der Waals surface area contributed by atoms with Gasteiger partial charge >= 0.3 is 0 Å². The Kier molecular flexibility index (Phi) is 5.55. The van der Waals surface area contributed by atoms with Crippen molar-refractivity contribution < 1.29 is 13.2 Å². The van der Waals surface area contributed by atoms with Crippen molar-refractivity contribution in [3.8, 4) is 0 Å². The first-order valence-corrected chi connectivity index (χ1v) is 9.05.